The molecule has 1 saturated heterocycles. The molecule has 116 valence electrons. The fraction of sp³-hybridized carbons (Fsp3) is 0.529. The molecule has 1 aliphatic carbocycles. The summed E-state index contributed by atoms with van der Waals surface area (Å²) in [6, 6.07) is 7.87. The Morgan fingerprint density at radius 2 is 1.82 bits per heavy atom. The maximum atomic E-state index is 11.0. The molecular formula is C17H21N3O2. The van der Waals surface area contributed by atoms with Crippen LogP contribution in [-0.2, 0) is 0 Å². The third kappa shape index (κ3) is 2.08. The zero-order valence-electron chi connectivity index (χ0n) is 12.6. The van der Waals surface area contributed by atoms with Gasteiger partial charge >= 0.3 is 0 Å². The number of piperidine rings is 1. The minimum Gasteiger partial charge on any atom is -0.387 e. The zero-order valence-corrected chi connectivity index (χ0v) is 12.6. The molecule has 0 unspecified atom stereocenters. The van der Waals surface area contributed by atoms with Crippen LogP contribution in [0, 0.1) is 0 Å². The van der Waals surface area contributed by atoms with Crippen LogP contribution in [0.3, 0.4) is 0 Å². The Kier molecular flexibility index (Phi) is 3.09. The highest BCUT2D eigenvalue weighted by Gasteiger charge is 2.54. The fourth-order valence-corrected chi connectivity index (χ4v) is 3.91. The molecule has 0 radical (unpaired) electrons. The summed E-state index contributed by atoms with van der Waals surface area (Å²) in [5.41, 5.74) is -1.24. The van der Waals surface area contributed by atoms with E-state index in [1.54, 1.807) is 6.20 Å². The standard InChI is InChI=1S/C17H21N3O2/c21-16-7-1-2-8-17(16,22)12-20(11-9-16)14-6-5-13-4-3-10-18-15(13)19-14/h3-6,10,21-22H,1-2,7-9,11-12H2/t16-,17+/m0/s1. The van der Waals surface area contributed by atoms with Gasteiger partial charge in [0.1, 0.15) is 11.4 Å². The molecule has 22 heavy (non-hydrogen) atoms. The molecule has 2 aromatic heterocycles. The summed E-state index contributed by atoms with van der Waals surface area (Å²) < 4.78 is 0. The molecule has 0 amide bonds. The first-order valence-electron chi connectivity index (χ1n) is 8.01. The molecule has 1 saturated carbocycles. The smallest absolute Gasteiger partial charge is 0.161 e. The van der Waals surface area contributed by atoms with Gasteiger partial charge in [0, 0.05) is 18.1 Å². The van der Waals surface area contributed by atoms with Crippen molar-refractivity contribution in [1.29, 1.82) is 0 Å². The van der Waals surface area contributed by atoms with E-state index in [1.807, 2.05) is 24.3 Å². The molecule has 4 rings (SSSR count). The molecule has 0 aromatic carbocycles. The van der Waals surface area contributed by atoms with Crippen LogP contribution in [0.5, 0.6) is 0 Å². The number of aliphatic hydroxyl groups is 2. The Labute approximate surface area is 129 Å². The highest BCUT2D eigenvalue weighted by molar-refractivity contribution is 5.76. The van der Waals surface area contributed by atoms with E-state index >= 15 is 0 Å². The van der Waals surface area contributed by atoms with Crippen LogP contribution in [0.1, 0.15) is 32.1 Å². The largest absolute Gasteiger partial charge is 0.387 e. The summed E-state index contributed by atoms with van der Waals surface area (Å²) in [4.78, 5) is 11.0. The molecule has 1 aliphatic heterocycles. The Balaban J connectivity index is 1.65. The van der Waals surface area contributed by atoms with Gasteiger partial charge in [0.05, 0.1) is 12.1 Å². The summed E-state index contributed by atoms with van der Waals surface area (Å²) in [5.74, 6) is 0.826. The third-order valence-electron chi connectivity index (χ3n) is 5.32. The van der Waals surface area contributed by atoms with Gasteiger partial charge in [0.15, 0.2) is 5.65 Å². The van der Waals surface area contributed by atoms with Crippen molar-refractivity contribution in [3.8, 4) is 0 Å². The molecule has 2 N–H and O–H groups in total. The Hall–Kier alpha value is -1.72. The normalized spacial score (nSPS) is 32.0. The number of pyridine rings is 2. The van der Waals surface area contributed by atoms with Crippen molar-refractivity contribution in [3.63, 3.8) is 0 Å². The highest BCUT2D eigenvalue weighted by atomic mass is 16.4. The van der Waals surface area contributed by atoms with Gasteiger partial charge in [0.2, 0.25) is 0 Å². The van der Waals surface area contributed by atoms with Crippen LogP contribution in [-0.4, -0.2) is 44.5 Å². The van der Waals surface area contributed by atoms with Crippen molar-refractivity contribution >= 4 is 16.9 Å². The van der Waals surface area contributed by atoms with Crippen molar-refractivity contribution in [1.82, 2.24) is 9.97 Å². The second kappa shape index (κ2) is 4.89. The molecule has 2 aromatic rings. The summed E-state index contributed by atoms with van der Waals surface area (Å²) >= 11 is 0. The van der Waals surface area contributed by atoms with Crippen molar-refractivity contribution in [2.24, 2.45) is 0 Å². The predicted octanol–water partition coefficient (Wildman–Crippen LogP) is 1.88. The average molecular weight is 299 g/mol. The first kappa shape index (κ1) is 13.9. The van der Waals surface area contributed by atoms with Crippen molar-refractivity contribution in [2.75, 3.05) is 18.0 Å². The van der Waals surface area contributed by atoms with Gasteiger partial charge in [-0.25, -0.2) is 9.97 Å². The molecule has 2 fully saturated rings. The van der Waals surface area contributed by atoms with Crippen LogP contribution in [0.2, 0.25) is 0 Å². The van der Waals surface area contributed by atoms with Crippen LogP contribution >= 0.6 is 0 Å². The number of rotatable bonds is 1. The number of hydrogen-bond donors (Lipinski definition) is 2. The van der Waals surface area contributed by atoms with Crippen LogP contribution in [0.4, 0.5) is 5.82 Å². The quantitative estimate of drug-likeness (QED) is 0.841. The van der Waals surface area contributed by atoms with Crippen LogP contribution < -0.4 is 4.90 Å². The van der Waals surface area contributed by atoms with Crippen LogP contribution in [0.25, 0.3) is 11.0 Å². The maximum Gasteiger partial charge on any atom is 0.161 e. The van der Waals surface area contributed by atoms with E-state index in [9.17, 15) is 10.2 Å². The van der Waals surface area contributed by atoms with Gasteiger partial charge in [-0.05, 0) is 43.5 Å². The molecule has 5 heteroatoms. The molecule has 5 nitrogen and oxygen atoms in total. The van der Waals surface area contributed by atoms with E-state index in [1.165, 1.54) is 0 Å². The number of anilines is 1. The molecule has 2 atom stereocenters. The SMILES string of the molecule is O[C@]12CCCC[C@@]1(O)CN(c1ccc3cccnc3n1)CC2. The summed E-state index contributed by atoms with van der Waals surface area (Å²) in [6.07, 6.45) is 5.65. The average Bonchev–Trinajstić information content (AvgIpc) is 2.54. The monoisotopic (exact) mass is 299 g/mol. The van der Waals surface area contributed by atoms with Gasteiger partial charge in [0.25, 0.3) is 0 Å². The van der Waals surface area contributed by atoms with E-state index in [2.05, 4.69) is 14.9 Å². The summed E-state index contributed by atoms with van der Waals surface area (Å²) in [7, 11) is 0. The second-order valence-electron chi connectivity index (χ2n) is 6.66. The molecule has 3 heterocycles. The maximum absolute atomic E-state index is 11.0. The highest BCUT2D eigenvalue weighted by Crippen LogP contribution is 2.43. The number of aromatic nitrogens is 2. The number of β-amino-alcohol motifs (C(OH)–C–C–N with tert-alkyl or cyclic N) is 1. The van der Waals surface area contributed by atoms with E-state index < -0.39 is 11.2 Å². The van der Waals surface area contributed by atoms with E-state index in [0.717, 1.165) is 29.7 Å². The van der Waals surface area contributed by atoms with Crippen molar-refractivity contribution < 1.29 is 10.2 Å². The van der Waals surface area contributed by atoms with E-state index in [4.69, 9.17) is 0 Å². The topological polar surface area (TPSA) is 69.5 Å². The van der Waals surface area contributed by atoms with E-state index in [0.29, 0.717) is 32.4 Å². The minimum absolute atomic E-state index is 0.439. The van der Waals surface area contributed by atoms with Gasteiger partial charge < -0.3 is 15.1 Å². The number of fused-ring (bicyclic) bond motifs is 2. The lowest BCUT2D eigenvalue weighted by Crippen LogP contribution is -2.66. The third-order valence-corrected chi connectivity index (χ3v) is 5.32. The van der Waals surface area contributed by atoms with Crippen LogP contribution in [0.15, 0.2) is 30.5 Å². The Morgan fingerprint density at radius 3 is 2.68 bits per heavy atom. The number of nitrogens with zero attached hydrogens (tertiary/aromatic N) is 3. The molecule has 0 spiro atoms. The number of hydrogen-bond acceptors (Lipinski definition) is 5. The van der Waals surface area contributed by atoms with Gasteiger partial charge in [-0.1, -0.05) is 12.8 Å². The summed E-state index contributed by atoms with van der Waals surface area (Å²) in [5, 5.41) is 22.7. The predicted molar refractivity (Wildman–Crippen MR) is 84.7 cm³/mol. The lowest BCUT2D eigenvalue weighted by molar-refractivity contribution is -0.182. The fourth-order valence-electron chi connectivity index (χ4n) is 3.91. The Morgan fingerprint density at radius 1 is 1.00 bits per heavy atom. The van der Waals surface area contributed by atoms with E-state index in [-0.39, 0.29) is 0 Å². The first-order valence-corrected chi connectivity index (χ1v) is 8.01. The second-order valence-corrected chi connectivity index (χ2v) is 6.66. The zero-order chi connectivity index (χ0) is 15.2. The lowest BCUT2D eigenvalue weighted by Gasteiger charge is -2.53. The van der Waals surface area contributed by atoms with Gasteiger partial charge in [-0.2, -0.15) is 0 Å². The van der Waals surface area contributed by atoms with Gasteiger partial charge in [-0.15, -0.1) is 0 Å². The minimum atomic E-state index is -1.02. The Bertz CT molecular complexity index is 707. The summed E-state index contributed by atoms with van der Waals surface area (Å²) in [6.45, 7) is 1.15. The van der Waals surface area contributed by atoms with Crippen molar-refractivity contribution in [3.05, 3.63) is 30.5 Å². The molecule has 0 bridgehead atoms. The molecule has 2 aliphatic rings. The molecular weight excluding hydrogens is 278 g/mol. The van der Waals surface area contributed by atoms with Gasteiger partial charge in [-0.3, -0.25) is 0 Å². The van der Waals surface area contributed by atoms with Crippen molar-refractivity contribution in [2.45, 2.75) is 43.3 Å². The lowest BCUT2D eigenvalue weighted by atomic mass is 9.67. The first-order chi connectivity index (χ1) is 10.6.